The van der Waals surface area contributed by atoms with Gasteiger partial charge in [0.25, 0.3) is 23.6 Å². The number of nitrogens with zero attached hydrogens (tertiary/aromatic N) is 4. The third kappa shape index (κ3) is 3.06. The number of rotatable bonds is 6. The van der Waals surface area contributed by atoms with Crippen molar-refractivity contribution >= 4 is 65.0 Å². The molecule has 2 aromatic rings. The minimum absolute atomic E-state index is 0.267. The fraction of sp³-hybridized carbons (Fsp3) is 0.300. The minimum Gasteiger partial charge on any atom is -0.276 e. The molecule has 0 atom stereocenters. The molecular weight excluding hydrogens is 452 g/mol. The Balaban J connectivity index is 1.54. The molecule has 4 amide bonds. The zero-order valence-electron chi connectivity index (χ0n) is 16.9. The van der Waals surface area contributed by atoms with Crippen molar-refractivity contribution in [1.29, 1.82) is 0 Å². The number of hydrogen-bond donors (Lipinski definition) is 0. The third-order valence-electron chi connectivity index (χ3n) is 5.91. The molecule has 3 aliphatic heterocycles. The minimum atomic E-state index is -2.63. The van der Waals surface area contributed by atoms with Gasteiger partial charge in [-0.05, 0) is 25.9 Å². The summed E-state index contributed by atoms with van der Waals surface area (Å²) in [5, 5.41) is 3.90. The van der Waals surface area contributed by atoms with Crippen LogP contribution < -0.4 is 10.6 Å². The maximum Gasteiger partial charge on any atom is 0.253 e. The smallest absolute Gasteiger partial charge is 0.253 e. The molecule has 0 N–H and O–H groups in total. The number of thiazole rings is 2. The van der Waals surface area contributed by atoms with E-state index in [0.29, 0.717) is 12.1 Å². The van der Waals surface area contributed by atoms with Crippen molar-refractivity contribution in [3.8, 4) is 9.75 Å². The molecule has 0 saturated carbocycles. The normalized spacial score (nSPS) is 18.6. The highest BCUT2D eigenvalue weighted by Crippen LogP contribution is 2.39. The van der Waals surface area contributed by atoms with Crippen molar-refractivity contribution in [2.45, 2.75) is 25.9 Å². The summed E-state index contributed by atoms with van der Waals surface area (Å²) in [7, 11) is -2.63. The fourth-order valence-electron chi connectivity index (χ4n) is 4.43. The Morgan fingerprint density at radius 1 is 0.710 bits per heavy atom. The topological polar surface area (TPSA) is 101 Å². The highest BCUT2D eigenvalue weighted by atomic mass is 32.1. The van der Waals surface area contributed by atoms with Gasteiger partial charge in [-0.1, -0.05) is 0 Å². The summed E-state index contributed by atoms with van der Waals surface area (Å²) in [4.78, 5) is 63.0. The van der Waals surface area contributed by atoms with Gasteiger partial charge in [0.1, 0.15) is 0 Å². The van der Waals surface area contributed by atoms with Gasteiger partial charge < -0.3 is 0 Å². The quantitative estimate of drug-likeness (QED) is 0.453. The van der Waals surface area contributed by atoms with Gasteiger partial charge in [0.2, 0.25) is 0 Å². The Morgan fingerprint density at radius 3 is 1.42 bits per heavy atom. The van der Waals surface area contributed by atoms with Crippen LogP contribution in [0.5, 0.6) is 0 Å². The lowest BCUT2D eigenvalue weighted by Gasteiger charge is -2.29. The fourth-order valence-corrected chi connectivity index (χ4v) is 12.5. The molecule has 0 bridgehead atoms. The second-order valence-corrected chi connectivity index (χ2v) is 14.2. The second kappa shape index (κ2) is 7.14. The Bertz CT molecular complexity index is 1100. The molecular formula is C20H18N4O4S2Si. The Labute approximate surface area is 186 Å². The van der Waals surface area contributed by atoms with Crippen LogP contribution in [0.2, 0.25) is 12.1 Å². The summed E-state index contributed by atoms with van der Waals surface area (Å²) < 4.78 is 0. The molecule has 0 spiro atoms. The summed E-state index contributed by atoms with van der Waals surface area (Å²) in [5.74, 6) is -1.26. The van der Waals surface area contributed by atoms with Crippen LogP contribution in [0.4, 0.5) is 0 Å². The number of carbonyl (C=O) groups excluding carboxylic acids is 4. The molecule has 2 aromatic heterocycles. The van der Waals surface area contributed by atoms with Crippen molar-refractivity contribution in [2.24, 2.45) is 0 Å². The van der Waals surface area contributed by atoms with Crippen molar-refractivity contribution in [1.82, 2.24) is 19.8 Å². The summed E-state index contributed by atoms with van der Waals surface area (Å²) in [6, 6.07) is 1.12. The van der Waals surface area contributed by atoms with Crippen molar-refractivity contribution in [3.63, 3.8) is 0 Å². The Kier molecular flexibility index (Phi) is 4.64. The lowest BCUT2D eigenvalue weighted by atomic mass is 10.5. The number of carbonyl (C=O) groups is 4. The van der Waals surface area contributed by atoms with E-state index in [1.807, 2.05) is 13.8 Å². The van der Waals surface area contributed by atoms with Crippen molar-refractivity contribution in [3.05, 3.63) is 34.3 Å². The first-order valence-corrected chi connectivity index (χ1v) is 13.9. The van der Waals surface area contributed by atoms with Gasteiger partial charge in [-0.2, -0.15) is 0 Å². The standard InChI is InChI=1S/C20H18N4O4S2Si/c1-11-21-19-17(29-11)18-20(22-12(2)30-18)31(19,9-7-23-13(25)3-4-14(23)26)10-8-24-15(27)5-6-16(24)28/h3-6H,7-10H2,1-2H3. The second-order valence-electron chi connectivity index (χ2n) is 7.73. The highest BCUT2D eigenvalue weighted by molar-refractivity contribution is 7.28. The Morgan fingerprint density at radius 2 is 1.06 bits per heavy atom. The average molecular weight is 471 g/mol. The number of imide groups is 2. The van der Waals surface area contributed by atoms with Crippen LogP contribution in [0.15, 0.2) is 24.3 Å². The SMILES string of the molecule is Cc1nc2c(s1)-c1sc(C)nc1[Si]2(CCN1C(=O)C=CC1=O)CCN1C(=O)C=CC1=O. The number of aromatic nitrogens is 2. The van der Waals surface area contributed by atoms with Crippen LogP contribution >= 0.6 is 22.7 Å². The molecule has 0 fully saturated rings. The lowest BCUT2D eigenvalue weighted by molar-refractivity contribution is -0.137. The van der Waals surface area contributed by atoms with Gasteiger partial charge in [-0.3, -0.25) is 38.9 Å². The molecule has 3 aliphatic rings. The molecule has 0 aromatic carbocycles. The van der Waals surface area contributed by atoms with E-state index in [1.165, 1.54) is 34.1 Å². The van der Waals surface area contributed by atoms with Gasteiger partial charge in [-0.25, -0.2) is 0 Å². The number of aryl methyl sites for hydroxylation is 2. The van der Waals surface area contributed by atoms with Crippen molar-refractivity contribution in [2.75, 3.05) is 13.1 Å². The third-order valence-corrected chi connectivity index (χ3v) is 13.1. The summed E-state index contributed by atoms with van der Waals surface area (Å²) in [5.41, 5.74) is 0. The lowest BCUT2D eigenvalue weighted by Crippen LogP contribution is -2.60. The van der Waals surface area contributed by atoms with E-state index >= 15 is 0 Å². The van der Waals surface area contributed by atoms with E-state index < -0.39 is 8.07 Å². The summed E-state index contributed by atoms with van der Waals surface area (Å²) in [6.45, 7) is 4.46. The molecule has 0 unspecified atom stereocenters. The van der Waals surface area contributed by atoms with Gasteiger partial charge in [0.05, 0.1) is 30.4 Å². The zero-order valence-corrected chi connectivity index (χ0v) is 19.5. The van der Waals surface area contributed by atoms with Crippen LogP contribution in [0.1, 0.15) is 10.0 Å². The zero-order chi connectivity index (χ0) is 21.9. The molecule has 11 heteroatoms. The van der Waals surface area contributed by atoms with E-state index in [0.717, 1.165) is 30.4 Å². The molecule has 31 heavy (non-hydrogen) atoms. The maximum absolute atomic E-state index is 12.1. The maximum atomic E-state index is 12.1. The molecule has 0 radical (unpaired) electrons. The molecule has 0 aliphatic carbocycles. The van der Waals surface area contributed by atoms with E-state index in [9.17, 15) is 19.2 Å². The number of fused-ring (bicyclic) bond motifs is 3. The predicted molar refractivity (Wildman–Crippen MR) is 119 cm³/mol. The van der Waals surface area contributed by atoms with E-state index in [4.69, 9.17) is 9.97 Å². The molecule has 5 heterocycles. The van der Waals surface area contributed by atoms with Gasteiger partial charge in [0, 0.05) is 37.4 Å². The molecule has 158 valence electrons. The molecule has 8 nitrogen and oxygen atoms in total. The van der Waals surface area contributed by atoms with Crippen LogP contribution in [0.25, 0.3) is 9.75 Å². The largest absolute Gasteiger partial charge is 0.276 e. The monoisotopic (exact) mass is 470 g/mol. The molecule has 5 rings (SSSR count). The van der Waals surface area contributed by atoms with E-state index in [-0.39, 0.29) is 36.7 Å². The number of amides is 4. The predicted octanol–water partition coefficient (Wildman–Crippen LogP) is 0.610. The average Bonchev–Trinajstić information content (AvgIpc) is 3.49. The summed E-state index contributed by atoms with van der Waals surface area (Å²) >= 11 is 3.26. The summed E-state index contributed by atoms with van der Waals surface area (Å²) in [6.07, 6.45) is 5.15. The van der Waals surface area contributed by atoms with Crippen LogP contribution in [-0.4, -0.2) is 64.6 Å². The first-order valence-electron chi connectivity index (χ1n) is 9.83. The first kappa shape index (κ1) is 20.2. The highest BCUT2D eigenvalue weighted by Gasteiger charge is 2.51. The van der Waals surface area contributed by atoms with E-state index in [1.54, 1.807) is 22.7 Å². The first-order chi connectivity index (χ1) is 14.8. The van der Waals surface area contributed by atoms with Crippen LogP contribution in [-0.2, 0) is 19.2 Å². The van der Waals surface area contributed by atoms with Crippen LogP contribution in [0, 0.1) is 13.8 Å². The van der Waals surface area contributed by atoms with E-state index in [2.05, 4.69) is 0 Å². The van der Waals surface area contributed by atoms with Gasteiger partial charge >= 0.3 is 0 Å². The molecule has 0 saturated heterocycles. The Hall–Kier alpha value is -2.76. The van der Waals surface area contributed by atoms with Crippen molar-refractivity contribution < 1.29 is 19.2 Å². The number of hydrogen-bond acceptors (Lipinski definition) is 8. The van der Waals surface area contributed by atoms with Gasteiger partial charge in [0.15, 0.2) is 8.07 Å². The van der Waals surface area contributed by atoms with Crippen LogP contribution in [0.3, 0.4) is 0 Å². The van der Waals surface area contributed by atoms with Gasteiger partial charge in [-0.15, -0.1) is 22.7 Å².